The lowest BCUT2D eigenvalue weighted by Gasteiger charge is -2.44. The Labute approximate surface area is 279 Å². The van der Waals surface area contributed by atoms with Gasteiger partial charge in [0.05, 0.1) is 20.1 Å². The molecular formula is C36H39ClN6O4. The van der Waals surface area contributed by atoms with Crippen molar-refractivity contribution in [3.8, 4) is 5.75 Å². The molecule has 1 aromatic heterocycles. The van der Waals surface area contributed by atoms with E-state index in [1.54, 1.807) is 24.5 Å². The number of ether oxygens (including phenoxy) is 1. The molecule has 2 aliphatic rings. The Hall–Kier alpha value is -4.83. The number of carbonyl (C=O) groups is 3. The van der Waals surface area contributed by atoms with Gasteiger partial charge in [0.1, 0.15) is 17.3 Å². The number of H-pyrrole nitrogens is 1. The summed E-state index contributed by atoms with van der Waals surface area (Å²) in [4.78, 5) is 54.3. The number of para-hydroxylation sites is 1. The fourth-order valence-corrected chi connectivity index (χ4v) is 6.71. The third-order valence-corrected chi connectivity index (χ3v) is 9.43. The topological polar surface area (TPSA) is 111 Å². The van der Waals surface area contributed by atoms with Gasteiger partial charge in [0.15, 0.2) is 0 Å². The van der Waals surface area contributed by atoms with Crippen molar-refractivity contribution in [2.24, 2.45) is 0 Å². The third-order valence-electron chi connectivity index (χ3n) is 9.18. The number of likely N-dealkylation sites (tertiary alicyclic amines) is 1. The summed E-state index contributed by atoms with van der Waals surface area (Å²) in [6, 6.07) is 24.3. The van der Waals surface area contributed by atoms with Crippen LogP contribution in [0, 0.1) is 0 Å². The smallest absolute Gasteiger partial charge is 0.250 e. The summed E-state index contributed by atoms with van der Waals surface area (Å²) < 4.78 is 5.30. The number of imidazole rings is 1. The highest BCUT2D eigenvalue weighted by molar-refractivity contribution is 6.30. The van der Waals surface area contributed by atoms with Gasteiger partial charge in [-0.25, -0.2) is 4.98 Å². The fraction of sp³-hybridized carbons (Fsp3) is 0.333. The molecule has 11 heteroatoms. The van der Waals surface area contributed by atoms with Crippen molar-refractivity contribution in [2.75, 3.05) is 31.8 Å². The number of aromatic nitrogens is 2. The summed E-state index contributed by atoms with van der Waals surface area (Å²) >= 11 is 6.11. The van der Waals surface area contributed by atoms with E-state index in [9.17, 15) is 14.4 Å². The first kappa shape index (κ1) is 32.1. The van der Waals surface area contributed by atoms with Crippen molar-refractivity contribution in [1.29, 1.82) is 0 Å². The number of rotatable bonds is 11. The minimum Gasteiger partial charge on any atom is -0.497 e. The van der Waals surface area contributed by atoms with Crippen LogP contribution in [-0.2, 0) is 33.8 Å². The molecule has 10 nitrogen and oxygen atoms in total. The number of benzene rings is 3. The van der Waals surface area contributed by atoms with Crippen LogP contribution in [0.15, 0.2) is 91.4 Å². The summed E-state index contributed by atoms with van der Waals surface area (Å²) in [5.41, 5.74) is 2.97. The Balaban J connectivity index is 1.18. The molecule has 2 fully saturated rings. The lowest BCUT2D eigenvalue weighted by molar-refractivity contribution is -0.141. The van der Waals surface area contributed by atoms with Crippen LogP contribution in [0.3, 0.4) is 0 Å². The fourth-order valence-electron chi connectivity index (χ4n) is 6.58. The molecule has 0 unspecified atom stereocenters. The van der Waals surface area contributed by atoms with E-state index in [0.717, 1.165) is 28.3 Å². The summed E-state index contributed by atoms with van der Waals surface area (Å²) in [5.74, 6) is 0.417. The molecule has 3 aromatic carbocycles. The van der Waals surface area contributed by atoms with Gasteiger partial charge in [-0.15, -0.1) is 0 Å². The average Bonchev–Trinajstić information content (AvgIpc) is 3.72. The highest BCUT2D eigenvalue weighted by atomic mass is 35.5. The number of amides is 3. The standard InChI is InChI=1S/C36H39ClN6O4/c1-47-31-14-9-26(10-15-31)21-32(40-33(44)16-13-29-22-38-24-39-29)34(45)41-19-17-36(18-20-41)35(46)42(23-27-7-11-28(37)12-8-27)25-43(36)30-5-3-2-4-6-30/h2-12,14-15,22,24,32H,13,16-21,23,25H2,1H3,(H,38,39)(H,40,44)/t32-/m1/s1. The zero-order valence-electron chi connectivity index (χ0n) is 26.4. The number of piperidine rings is 1. The largest absolute Gasteiger partial charge is 0.497 e. The van der Waals surface area contributed by atoms with E-state index in [1.165, 1.54) is 0 Å². The monoisotopic (exact) mass is 654 g/mol. The molecule has 3 heterocycles. The first-order valence-corrected chi connectivity index (χ1v) is 16.3. The molecule has 0 aliphatic carbocycles. The summed E-state index contributed by atoms with van der Waals surface area (Å²) in [7, 11) is 1.61. The van der Waals surface area contributed by atoms with Crippen molar-refractivity contribution in [3.63, 3.8) is 0 Å². The van der Waals surface area contributed by atoms with Gasteiger partial charge in [0.25, 0.3) is 0 Å². The van der Waals surface area contributed by atoms with E-state index in [1.807, 2.05) is 83.8 Å². The van der Waals surface area contributed by atoms with Crippen LogP contribution in [0.25, 0.3) is 0 Å². The Morgan fingerprint density at radius 2 is 1.70 bits per heavy atom. The number of hydrogen-bond donors (Lipinski definition) is 2. The maximum Gasteiger partial charge on any atom is 0.250 e. The highest BCUT2D eigenvalue weighted by Gasteiger charge is 2.54. The Morgan fingerprint density at radius 3 is 2.36 bits per heavy atom. The van der Waals surface area contributed by atoms with Crippen LogP contribution in [0.2, 0.25) is 5.02 Å². The molecule has 0 saturated carbocycles. The van der Waals surface area contributed by atoms with Crippen LogP contribution < -0.4 is 15.0 Å². The Bertz CT molecular complexity index is 1660. The van der Waals surface area contributed by atoms with Crippen LogP contribution in [0.1, 0.15) is 36.1 Å². The predicted molar refractivity (Wildman–Crippen MR) is 180 cm³/mol. The molecule has 1 spiro atoms. The number of anilines is 1. The molecule has 0 bridgehead atoms. The zero-order valence-corrected chi connectivity index (χ0v) is 27.2. The van der Waals surface area contributed by atoms with E-state index < -0.39 is 11.6 Å². The molecule has 6 rings (SSSR count). The molecule has 0 radical (unpaired) electrons. The highest BCUT2D eigenvalue weighted by Crippen LogP contribution is 2.40. The summed E-state index contributed by atoms with van der Waals surface area (Å²) in [6.45, 7) is 1.71. The maximum atomic E-state index is 14.2. The minimum atomic E-state index is -0.774. The Morgan fingerprint density at radius 1 is 1.00 bits per heavy atom. The average molecular weight is 655 g/mol. The van der Waals surface area contributed by atoms with Crippen LogP contribution in [0.4, 0.5) is 5.69 Å². The molecule has 2 saturated heterocycles. The molecule has 2 N–H and O–H groups in total. The van der Waals surface area contributed by atoms with E-state index in [-0.39, 0.29) is 24.1 Å². The quantitative estimate of drug-likeness (QED) is 0.245. The van der Waals surface area contributed by atoms with Crippen molar-refractivity contribution in [1.82, 2.24) is 25.1 Å². The normalized spacial score (nSPS) is 16.4. The molecule has 1 atom stereocenters. The van der Waals surface area contributed by atoms with Crippen LogP contribution >= 0.6 is 11.6 Å². The van der Waals surface area contributed by atoms with Gasteiger partial charge in [0.2, 0.25) is 17.7 Å². The van der Waals surface area contributed by atoms with Crippen molar-refractivity contribution >= 4 is 35.0 Å². The number of aromatic amines is 1. The lowest BCUT2D eigenvalue weighted by atomic mass is 9.85. The molecule has 4 aromatic rings. The second kappa shape index (κ2) is 14.3. The van der Waals surface area contributed by atoms with Crippen molar-refractivity contribution in [3.05, 3.63) is 113 Å². The lowest BCUT2D eigenvalue weighted by Crippen LogP contribution is -2.59. The molecule has 3 amide bonds. The van der Waals surface area contributed by atoms with Crippen LogP contribution in [-0.4, -0.2) is 75.9 Å². The van der Waals surface area contributed by atoms with Gasteiger partial charge in [-0.3, -0.25) is 14.4 Å². The number of methoxy groups -OCH3 is 1. The van der Waals surface area contributed by atoms with E-state index in [4.69, 9.17) is 16.3 Å². The number of hydrogen-bond acceptors (Lipinski definition) is 6. The molecule has 2 aliphatic heterocycles. The minimum absolute atomic E-state index is 0.0605. The first-order valence-electron chi connectivity index (χ1n) is 15.9. The predicted octanol–water partition coefficient (Wildman–Crippen LogP) is 4.60. The van der Waals surface area contributed by atoms with Crippen LogP contribution in [0.5, 0.6) is 5.75 Å². The number of aryl methyl sites for hydroxylation is 1. The summed E-state index contributed by atoms with van der Waals surface area (Å²) in [5, 5.41) is 3.66. The van der Waals surface area contributed by atoms with Gasteiger partial charge in [-0.05, 0) is 66.8 Å². The summed E-state index contributed by atoms with van der Waals surface area (Å²) in [6.07, 6.45) is 5.28. The van der Waals surface area contributed by atoms with Crippen molar-refractivity contribution < 1.29 is 19.1 Å². The van der Waals surface area contributed by atoms with E-state index in [2.05, 4.69) is 20.2 Å². The zero-order chi connectivity index (χ0) is 32.8. The second-order valence-corrected chi connectivity index (χ2v) is 12.6. The SMILES string of the molecule is COc1ccc(C[C@@H](NC(=O)CCc2cnc[nH]2)C(=O)N2CCC3(CC2)C(=O)N(Cc2ccc(Cl)cc2)CN3c2ccccc2)cc1. The molecule has 244 valence electrons. The van der Waals surface area contributed by atoms with Gasteiger partial charge < -0.3 is 29.7 Å². The van der Waals surface area contributed by atoms with Gasteiger partial charge in [-0.1, -0.05) is 54.1 Å². The number of halogens is 1. The first-order chi connectivity index (χ1) is 22.8. The molecule has 47 heavy (non-hydrogen) atoms. The number of carbonyl (C=O) groups excluding carboxylic acids is 3. The van der Waals surface area contributed by atoms with E-state index >= 15 is 0 Å². The second-order valence-electron chi connectivity index (χ2n) is 12.1. The van der Waals surface area contributed by atoms with Gasteiger partial charge in [-0.2, -0.15) is 0 Å². The molecular weight excluding hydrogens is 616 g/mol. The number of nitrogens with zero attached hydrogens (tertiary/aromatic N) is 4. The van der Waals surface area contributed by atoms with Gasteiger partial charge in [0, 0.05) is 55.1 Å². The van der Waals surface area contributed by atoms with Crippen molar-refractivity contribution in [2.45, 2.75) is 50.2 Å². The van der Waals surface area contributed by atoms with E-state index in [0.29, 0.717) is 57.0 Å². The maximum absolute atomic E-state index is 14.2. The Kier molecular flexibility index (Phi) is 9.77. The van der Waals surface area contributed by atoms with Gasteiger partial charge >= 0.3 is 0 Å². The third kappa shape index (κ3) is 7.28. The number of nitrogens with one attached hydrogen (secondary N) is 2.